The summed E-state index contributed by atoms with van der Waals surface area (Å²) in [6.45, 7) is 5.54. The van der Waals surface area contributed by atoms with Crippen molar-refractivity contribution in [3.8, 4) is 0 Å². The van der Waals surface area contributed by atoms with Crippen LogP contribution in [-0.4, -0.2) is 53.5 Å². The molecule has 0 radical (unpaired) electrons. The standard InChI is InChI=1S/C31H34ClN3O5S/c1-31(2,3)33-29(37)26(20-22-12-5-4-6-13-22)34(21-23-14-7-9-16-25(23)32)28(36)18-11-19-35-30(38)24-15-8-10-17-27(24)41(35,39)40/h4-10,12-17,26H,11,18-21H2,1-3H3,(H,33,37)/t26-/m1/s1. The van der Waals surface area contributed by atoms with Crippen molar-refractivity contribution in [2.45, 2.75) is 63.1 Å². The average molecular weight is 596 g/mol. The lowest BCUT2D eigenvalue weighted by Gasteiger charge is -2.34. The zero-order valence-corrected chi connectivity index (χ0v) is 24.9. The Bertz CT molecular complexity index is 1540. The van der Waals surface area contributed by atoms with E-state index in [1.54, 1.807) is 30.3 Å². The highest BCUT2D eigenvalue weighted by Gasteiger charge is 2.40. The number of benzene rings is 3. The van der Waals surface area contributed by atoms with Gasteiger partial charge in [-0.2, -0.15) is 0 Å². The minimum absolute atomic E-state index is 0.0292. The Morgan fingerprint density at radius 3 is 2.24 bits per heavy atom. The number of nitrogens with one attached hydrogen (secondary N) is 1. The van der Waals surface area contributed by atoms with Crippen molar-refractivity contribution in [2.75, 3.05) is 6.54 Å². The Morgan fingerprint density at radius 1 is 0.951 bits per heavy atom. The first-order chi connectivity index (χ1) is 19.4. The van der Waals surface area contributed by atoms with Gasteiger partial charge in [0, 0.05) is 36.5 Å². The second-order valence-electron chi connectivity index (χ2n) is 11.0. The van der Waals surface area contributed by atoms with Crippen LogP contribution in [0.2, 0.25) is 5.02 Å². The molecule has 10 heteroatoms. The molecular weight excluding hydrogens is 562 g/mol. The number of halogens is 1. The maximum absolute atomic E-state index is 13.8. The maximum atomic E-state index is 13.8. The van der Waals surface area contributed by atoms with Gasteiger partial charge in [-0.15, -0.1) is 0 Å². The number of rotatable bonds is 10. The molecule has 1 aliphatic rings. The van der Waals surface area contributed by atoms with E-state index in [0.717, 1.165) is 9.87 Å². The molecule has 1 heterocycles. The van der Waals surface area contributed by atoms with Crippen LogP contribution < -0.4 is 5.32 Å². The predicted molar refractivity (Wildman–Crippen MR) is 158 cm³/mol. The number of hydrogen-bond donors (Lipinski definition) is 1. The molecule has 1 atom stereocenters. The van der Waals surface area contributed by atoms with Gasteiger partial charge in [0.15, 0.2) is 0 Å². The topological polar surface area (TPSA) is 104 Å². The van der Waals surface area contributed by atoms with E-state index < -0.39 is 27.5 Å². The van der Waals surface area contributed by atoms with Crippen molar-refractivity contribution < 1.29 is 22.8 Å². The lowest BCUT2D eigenvalue weighted by atomic mass is 10.00. The molecule has 0 saturated carbocycles. The molecule has 3 aromatic rings. The van der Waals surface area contributed by atoms with Crippen molar-refractivity contribution >= 4 is 39.3 Å². The van der Waals surface area contributed by atoms with Crippen LogP contribution in [-0.2, 0) is 32.6 Å². The zero-order chi connectivity index (χ0) is 29.8. The third kappa shape index (κ3) is 7.15. The summed E-state index contributed by atoms with van der Waals surface area (Å²) in [6, 6.07) is 21.8. The third-order valence-electron chi connectivity index (χ3n) is 6.73. The van der Waals surface area contributed by atoms with Gasteiger partial charge in [0.25, 0.3) is 15.9 Å². The number of carbonyl (C=O) groups is 3. The first kappa shape index (κ1) is 30.3. The summed E-state index contributed by atoms with van der Waals surface area (Å²) in [5.74, 6) is -1.27. The Kier molecular flexibility index (Phi) is 9.19. The molecule has 1 N–H and O–H groups in total. The summed E-state index contributed by atoms with van der Waals surface area (Å²) in [5.41, 5.74) is 1.15. The third-order valence-corrected chi connectivity index (χ3v) is 8.94. The molecule has 0 fully saturated rings. The first-order valence-corrected chi connectivity index (χ1v) is 15.3. The zero-order valence-electron chi connectivity index (χ0n) is 23.3. The van der Waals surface area contributed by atoms with E-state index in [-0.39, 0.29) is 54.6 Å². The predicted octanol–water partition coefficient (Wildman–Crippen LogP) is 4.82. The molecule has 1 aliphatic heterocycles. The van der Waals surface area contributed by atoms with E-state index in [1.165, 1.54) is 17.0 Å². The smallest absolute Gasteiger partial charge is 0.269 e. The van der Waals surface area contributed by atoms with Crippen LogP contribution >= 0.6 is 11.6 Å². The molecule has 0 saturated heterocycles. The molecule has 0 bridgehead atoms. The van der Waals surface area contributed by atoms with Gasteiger partial charge >= 0.3 is 0 Å². The molecule has 8 nitrogen and oxygen atoms in total. The monoisotopic (exact) mass is 595 g/mol. The molecule has 3 amide bonds. The minimum Gasteiger partial charge on any atom is -0.350 e. The highest BCUT2D eigenvalue weighted by atomic mass is 35.5. The largest absolute Gasteiger partial charge is 0.350 e. The highest BCUT2D eigenvalue weighted by Crippen LogP contribution is 2.30. The van der Waals surface area contributed by atoms with Crippen molar-refractivity contribution in [1.29, 1.82) is 0 Å². The number of amides is 3. The summed E-state index contributed by atoms with van der Waals surface area (Å²) < 4.78 is 26.7. The van der Waals surface area contributed by atoms with Crippen LogP contribution in [0.15, 0.2) is 83.8 Å². The van der Waals surface area contributed by atoms with Gasteiger partial charge in [-0.25, -0.2) is 12.7 Å². The lowest BCUT2D eigenvalue weighted by molar-refractivity contribution is -0.142. The SMILES string of the molecule is CC(C)(C)NC(=O)[C@@H](Cc1ccccc1)N(Cc1ccccc1Cl)C(=O)CCCN1C(=O)c2ccccc2S1(=O)=O. The summed E-state index contributed by atoms with van der Waals surface area (Å²) in [7, 11) is -3.98. The van der Waals surface area contributed by atoms with E-state index in [1.807, 2.05) is 57.2 Å². The quantitative estimate of drug-likeness (QED) is 0.362. The van der Waals surface area contributed by atoms with Gasteiger partial charge in [-0.05, 0) is 56.5 Å². The number of sulfonamides is 1. The van der Waals surface area contributed by atoms with Crippen molar-refractivity contribution in [1.82, 2.24) is 14.5 Å². The van der Waals surface area contributed by atoms with Gasteiger partial charge in [0.1, 0.15) is 10.9 Å². The van der Waals surface area contributed by atoms with E-state index in [2.05, 4.69) is 5.32 Å². The molecular formula is C31H34ClN3O5S. The van der Waals surface area contributed by atoms with Gasteiger partial charge in [0.2, 0.25) is 11.8 Å². The van der Waals surface area contributed by atoms with Gasteiger partial charge < -0.3 is 10.2 Å². The van der Waals surface area contributed by atoms with E-state index in [9.17, 15) is 22.8 Å². The Hall–Kier alpha value is -3.69. The van der Waals surface area contributed by atoms with Crippen LogP contribution in [0.5, 0.6) is 0 Å². The van der Waals surface area contributed by atoms with Crippen LogP contribution in [0, 0.1) is 0 Å². The normalized spacial score (nSPS) is 14.8. The Labute approximate surface area is 246 Å². The fraction of sp³-hybridized carbons (Fsp3) is 0.323. The van der Waals surface area contributed by atoms with Crippen LogP contribution in [0.25, 0.3) is 0 Å². The molecule has 4 rings (SSSR count). The van der Waals surface area contributed by atoms with Crippen molar-refractivity contribution in [2.24, 2.45) is 0 Å². The summed E-state index contributed by atoms with van der Waals surface area (Å²) in [4.78, 5) is 41.8. The Morgan fingerprint density at radius 2 is 1.59 bits per heavy atom. The molecule has 216 valence electrons. The fourth-order valence-corrected chi connectivity index (χ4v) is 6.59. The molecule has 0 aliphatic carbocycles. The van der Waals surface area contributed by atoms with Crippen molar-refractivity contribution in [3.05, 3.63) is 101 Å². The van der Waals surface area contributed by atoms with Crippen LogP contribution in [0.1, 0.15) is 55.1 Å². The van der Waals surface area contributed by atoms with Crippen molar-refractivity contribution in [3.63, 3.8) is 0 Å². The van der Waals surface area contributed by atoms with Crippen LogP contribution in [0.3, 0.4) is 0 Å². The number of nitrogens with zero attached hydrogens (tertiary/aromatic N) is 2. The molecule has 3 aromatic carbocycles. The highest BCUT2D eigenvalue weighted by molar-refractivity contribution is 7.90. The molecule has 0 unspecified atom stereocenters. The number of fused-ring (bicyclic) bond motifs is 1. The second-order valence-corrected chi connectivity index (χ2v) is 13.3. The van der Waals surface area contributed by atoms with E-state index in [4.69, 9.17) is 11.6 Å². The van der Waals surface area contributed by atoms with E-state index in [0.29, 0.717) is 10.6 Å². The van der Waals surface area contributed by atoms with Gasteiger partial charge in [-0.1, -0.05) is 72.3 Å². The number of hydrogen-bond acceptors (Lipinski definition) is 5. The van der Waals surface area contributed by atoms with Gasteiger partial charge in [0.05, 0.1) is 5.56 Å². The van der Waals surface area contributed by atoms with E-state index >= 15 is 0 Å². The summed E-state index contributed by atoms with van der Waals surface area (Å²) in [5, 5.41) is 3.47. The maximum Gasteiger partial charge on any atom is 0.269 e. The molecule has 41 heavy (non-hydrogen) atoms. The Balaban J connectivity index is 1.59. The van der Waals surface area contributed by atoms with Gasteiger partial charge in [-0.3, -0.25) is 14.4 Å². The fourth-order valence-electron chi connectivity index (χ4n) is 4.79. The summed E-state index contributed by atoms with van der Waals surface area (Å²) in [6.07, 6.45) is 0.289. The second kappa shape index (κ2) is 12.4. The molecule has 0 aromatic heterocycles. The lowest BCUT2D eigenvalue weighted by Crippen LogP contribution is -2.54. The first-order valence-electron chi connectivity index (χ1n) is 13.4. The number of carbonyl (C=O) groups excluding carboxylic acids is 3. The molecule has 0 spiro atoms. The average Bonchev–Trinajstić information content (AvgIpc) is 3.11. The summed E-state index contributed by atoms with van der Waals surface area (Å²) >= 11 is 6.46. The van der Waals surface area contributed by atoms with Crippen LogP contribution in [0.4, 0.5) is 0 Å². The minimum atomic E-state index is -3.98.